The second-order valence-electron chi connectivity index (χ2n) is 4.47. The standard InChI is InChI=1S/C14H15N3O3S/c1-21(19,20)10-16-12-8-5-9-15-13(12)17-14(18)11-6-3-2-4-7-11/h2-9,16H,10H2,1H3,(H,15,17,18). The molecule has 2 aromatic rings. The molecule has 2 rings (SSSR count). The molecule has 0 atom stereocenters. The molecule has 0 aliphatic heterocycles. The molecule has 0 unspecified atom stereocenters. The number of amides is 1. The third-order valence-corrected chi connectivity index (χ3v) is 3.27. The maximum absolute atomic E-state index is 12.1. The van der Waals surface area contributed by atoms with E-state index in [-0.39, 0.29) is 17.6 Å². The van der Waals surface area contributed by atoms with E-state index in [4.69, 9.17) is 0 Å². The molecule has 1 heterocycles. The highest BCUT2D eigenvalue weighted by molar-refractivity contribution is 7.90. The lowest BCUT2D eigenvalue weighted by atomic mass is 10.2. The number of nitrogens with one attached hydrogen (secondary N) is 2. The Morgan fingerprint density at radius 2 is 1.86 bits per heavy atom. The van der Waals surface area contributed by atoms with Crippen LogP contribution in [0.2, 0.25) is 0 Å². The van der Waals surface area contributed by atoms with Crippen LogP contribution in [-0.2, 0) is 9.84 Å². The van der Waals surface area contributed by atoms with Gasteiger partial charge < -0.3 is 10.6 Å². The largest absolute Gasteiger partial charge is 0.369 e. The molecule has 0 spiro atoms. The first-order chi connectivity index (χ1) is 9.96. The van der Waals surface area contributed by atoms with Gasteiger partial charge in [-0.05, 0) is 24.3 Å². The minimum absolute atomic E-state index is 0.229. The zero-order chi connectivity index (χ0) is 15.3. The highest BCUT2D eigenvalue weighted by Crippen LogP contribution is 2.18. The van der Waals surface area contributed by atoms with E-state index in [2.05, 4.69) is 15.6 Å². The van der Waals surface area contributed by atoms with Gasteiger partial charge in [-0.1, -0.05) is 18.2 Å². The number of anilines is 2. The zero-order valence-corrected chi connectivity index (χ0v) is 12.2. The first kappa shape index (κ1) is 15.0. The van der Waals surface area contributed by atoms with Crippen LogP contribution in [0.5, 0.6) is 0 Å². The molecule has 1 amide bonds. The number of aromatic nitrogens is 1. The number of hydrogen-bond donors (Lipinski definition) is 2. The summed E-state index contributed by atoms with van der Waals surface area (Å²) in [6.07, 6.45) is 2.64. The van der Waals surface area contributed by atoms with E-state index >= 15 is 0 Å². The number of rotatable bonds is 5. The average molecular weight is 305 g/mol. The molecular weight excluding hydrogens is 290 g/mol. The van der Waals surface area contributed by atoms with Gasteiger partial charge in [-0.2, -0.15) is 0 Å². The second kappa shape index (κ2) is 6.36. The van der Waals surface area contributed by atoms with Crippen molar-refractivity contribution in [1.82, 2.24) is 4.98 Å². The topological polar surface area (TPSA) is 88.2 Å². The second-order valence-corrected chi connectivity index (χ2v) is 6.61. The number of pyridine rings is 1. The minimum Gasteiger partial charge on any atom is -0.369 e. The van der Waals surface area contributed by atoms with Crippen LogP contribution in [0.15, 0.2) is 48.7 Å². The number of benzene rings is 1. The van der Waals surface area contributed by atoms with Crippen LogP contribution in [0, 0.1) is 0 Å². The number of hydrogen-bond acceptors (Lipinski definition) is 5. The molecule has 21 heavy (non-hydrogen) atoms. The van der Waals surface area contributed by atoms with Crippen molar-refractivity contribution in [3.05, 3.63) is 54.2 Å². The summed E-state index contributed by atoms with van der Waals surface area (Å²) in [6.45, 7) is 0. The van der Waals surface area contributed by atoms with Crippen LogP contribution < -0.4 is 10.6 Å². The number of sulfone groups is 1. The van der Waals surface area contributed by atoms with E-state index < -0.39 is 9.84 Å². The summed E-state index contributed by atoms with van der Waals surface area (Å²) in [5.41, 5.74) is 0.949. The van der Waals surface area contributed by atoms with Gasteiger partial charge in [-0.3, -0.25) is 4.79 Å². The van der Waals surface area contributed by atoms with Gasteiger partial charge in [0.1, 0.15) is 5.88 Å². The molecule has 0 radical (unpaired) electrons. The van der Waals surface area contributed by atoms with Gasteiger partial charge in [0, 0.05) is 18.0 Å². The quantitative estimate of drug-likeness (QED) is 0.878. The van der Waals surface area contributed by atoms with Gasteiger partial charge >= 0.3 is 0 Å². The van der Waals surface area contributed by atoms with E-state index in [1.54, 1.807) is 36.4 Å². The Hall–Kier alpha value is -2.41. The third kappa shape index (κ3) is 4.57. The van der Waals surface area contributed by atoms with E-state index in [1.807, 2.05) is 6.07 Å². The predicted molar refractivity (Wildman–Crippen MR) is 82.0 cm³/mol. The molecule has 2 N–H and O–H groups in total. The lowest BCUT2D eigenvalue weighted by Crippen LogP contribution is -2.17. The van der Waals surface area contributed by atoms with Gasteiger partial charge in [0.15, 0.2) is 15.7 Å². The minimum atomic E-state index is -3.17. The van der Waals surface area contributed by atoms with E-state index in [9.17, 15) is 13.2 Å². The van der Waals surface area contributed by atoms with Gasteiger partial charge in [-0.25, -0.2) is 13.4 Å². The van der Waals surface area contributed by atoms with Crippen LogP contribution in [0.1, 0.15) is 10.4 Å². The fourth-order valence-corrected chi connectivity index (χ4v) is 2.04. The zero-order valence-electron chi connectivity index (χ0n) is 11.4. The molecule has 0 aliphatic rings. The summed E-state index contributed by atoms with van der Waals surface area (Å²) in [6, 6.07) is 12.0. The summed E-state index contributed by atoms with van der Waals surface area (Å²) in [5.74, 6) is -0.251. The van der Waals surface area contributed by atoms with Crippen LogP contribution in [0.4, 0.5) is 11.5 Å². The summed E-state index contributed by atoms with van der Waals surface area (Å²) >= 11 is 0. The van der Waals surface area contributed by atoms with Crippen molar-refractivity contribution in [2.45, 2.75) is 0 Å². The van der Waals surface area contributed by atoms with Crippen molar-refractivity contribution in [2.24, 2.45) is 0 Å². The highest BCUT2D eigenvalue weighted by Gasteiger charge is 2.10. The Morgan fingerprint density at radius 3 is 2.52 bits per heavy atom. The highest BCUT2D eigenvalue weighted by atomic mass is 32.2. The maximum Gasteiger partial charge on any atom is 0.256 e. The van der Waals surface area contributed by atoms with Crippen LogP contribution in [-0.4, -0.2) is 31.4 Å². The van der Waals surface area contributed by atoms with E-state index in [1.165, 1.54) is 6.20 Å². The van der Waals surface area contributed by atoms with Gasteiger partial charge in [0.2, 0.25) is 0 Å². The predicted octanol–water partition coefficient (Wildman–Crippen LogP) is 1.75. The molecule has 0 fully saturated rings. The molecule has 7 heteroatoms. The Morgan fingerprint density at radius 1 is 1.14 bits per heavy atom. The van der Waals surface area contributed by atoms with Gasteiger partial charge in [0.25, 0.3) is 5.91 Å². The summed E-state index contributed by atoms with van der Waals surface area (Å²) in [4.78, 5) is 16.1. The van der Waals surface area contributed by atoms with Crippen LogP contribution >= 0.6 is 0 Å². The summed E-state index contributed by atoms with van der Waals surface area (Å²) in [5, 5.41) is 5.40. The molecule has 0 aliphatic carbocycles. The Labute approximate surface area is 123 Å². The molecule has 110 valence electrons. The Kier molecular flexibility index (Phi) is 4.54. The van der Waals surface area contributed by atoms with Crippen molar-refractivity contribution in [1.29, 1.82) is 0 Å². The van der Waals surface area contributed by atoms with Crippen molar-refractivity contribution < 1.29 is 13.2 Å². The van der Waals surface area contributed by atoms with E-state index in [0.29, 0.717) is 11.3 Å². The fourth-order valence-electron chi connectivity index (χ4n) is 1.63. The maximum atomic E-state index is 12.1. The van der Waals surface area contributed by atoms with Crippen molar-refractivity contribution in [3.63, 3.8) is 0 Å². The lowest BCUT2D eigenvalue weighted by molar-refractivity contribution is 0.102. The van der Waals surface area contributed by atoms with Crippen LogP contribution in [0.25, 0.3) is 0 Å². The third-order valence-electron chi connectivity index (χ3n) is 2.60. The van der Waals surface area contributed by atoms with Crippen molar-refractivity contribution >= 4 is 27.2 Å². The number of carbonyl (C=O) groups is 1. The first-order valence-corrected chi connectivity index (χ1v) is 8.25. The Balaban J connectivity index is 2.15. The monoisotopic (exact) mass is 305 g/mol. The summed E-state index contributed by atoms with van der Waals surface area (Å²) < 4.78 is 22.4. The number of carbonyl (C=O) groups excluding carboxylic acids is 1. The van der Waals surface area contributed by atoms with Gasteiger partial charge in [0.05, 0.1) is 5.69 Å². The van der Waals surface area contributed by atoms with Crippen LogP contribution in [0.3, 0.4) is 0 Å². The van der Waals surface area contributed by atoms with E-state index in [0.717, 1.165) is 6.26 Å². The lowest BCUT2D eigenvalue weighted by Gasteiger charge is -2.11. The van der Waals surface area contributed by atoms with Gasteiger partial charge in [-0.15, -0.1) is 0 Å². The summed E-state index contributed by atoms with van der Waals surface area (Å²) in [7, 11) is -3.17. The average Bonchev–Trinajstić information content (AvgIpc) is 2.46. The Bertz CT molecular complexity index is 730. The SMILES string of the molecule is CS(=O)(=O)CNc1cccnc1NC(=O)c1ccccc1. The van der Waals surface area contributed by atoms with Crippen molar-refractivity contribution in [3.8, 4) is 0 Å². The normalized spacial score (nSPS) is 10.9. The number of nitrogens with zero attached hydrogens (tertiary/aromatic N) is 1. The molecule has 1 aromatic heterocycles. The molecule has 6 nitrogen and oxygen atoms in total. The molecule has 0 saturated heterocycles. The molecular formula is C14H15N3O3S. The molecule has 0 saturated carbocycles. The molecule has 0 bridgehead atoms. The smallest absolute Gasteiger partial charge is 0.256 e. The molecule has 1 aromatic carbocycles. The van der Waals surface area contributed by atoms with Crippen molar-refractivity contribution in [2.75, 3.05) is 22.8 Å². The first-order valence-electron chi connectivity index (χ1n) is 6.19. The fraction of sp³-hybridized carbons (Fsp3) is 0.143.